The van der Waals surface area contributed by atoms with Gasteiger partial charge in [-0.2, -0.15) is 0 Å². The summed E-state index contributed by atoms with van der Waals surface area (Å²) in [4.78, 5) is 0.0781. The number of ether oxygens (including phenoxy) is 1. The van der Waals surface area contributed by atoms with Crippen LogP contribution in [0.15, 0.2) is 71.6 Å². The lowest BCUT2D eigenvalue weighted by atomic mass is 9.92. The number of sulfonamides is 1. The van der Waals surface area contributed by atoms with Crippen molar-refractivity contribution in [1.82, 2.24) is 0 Å². The van der Waals surface area contributed by atoms with Gasteiger partial charge in [0.2, 0.25) is 10.0 Å². The quantitative estimate of drug-likeness (QED) is 0.771. The molecule has 0 heterocycles. The van der Waals surface area contributed by atoms with Crippen molar-refractivity contribution in [3.05, 3.63) is 72.3 Å². The van der Waals surface area contributed by atoms with E-state index in [0.717, 1.165) is 16.7 Å². The molecule has 0 spiro atoms. The van der Waals surface area contributed by atoms with Crippen LogP contribution in [-0.4, -0.2) is 15.5 Å². The van der Waals surface area contributed by atoms with Crippen LogP contribution >= 0.6 is 0 Å². The molecule has 3 rings (SSSR count). The lowest BCUT2D eigenvalue weighted by molar-refractivity contribution is 0.416. The smallest absolute Gasteiger partial charge is 0.238 e. The predicted octanol–water partition coefficient (Wildman–Crippen LogP) is 3.99. The summed E-state index contributed by atoms with van der Waals surface area (Å²) in [7, 11) is -2.30. The molecule has 0 aliphatic heterocycles. The lowest BCUT2D eigenvalue weighted by Crippen LogP contribution is -2.13. The van der Waals surface area contributed by atoms with Crippen LogP contribution in [0, 0.1) is 6.92 Å². The zero-order valence-corrected chi connectivity index (χ0v) is 14.9. The summed E-state index contributed by atoms with van der Waals surface area (Å²) in [5, 5.41) is 5.44. The fourth-order valence-electron chi connectivity index (χ4n) is 2.96. The second-order valence-electron chi connectivity index (χ2n) is 5.80. The first-order chi connectivity index (χ1) is 11.9. The topological polar surface area (TPSA) is 69.4 Å². The van der Waals surface area contributed by atoms with Crippen molar-refractivity contribution in [2.24, 2.45) is 5.14 Å². The third kappa shape index (κ3) is 3.43. The monoisotopic (exact) mass is 353 g/mol. The molecule has 0 fully saturated rings. The third-order valence-electron chi connectivity index (χ3n) is 4.01. The van der Waals surface area contributed by atoms with E-state index in [0.29, 0.717) is 16.9 Å². The standard InChI is InChI=1S/C20H19NO3S/c1-14-12-17(15-8-4-3-5-9-15)20(18(13-14)24-2)16-10-6-7-11-19(16)25(21,22)23/h3-13H,1-2H3,(H2,21,22,23). The van der Waals surface area contributed by atoms with E-state index in [-0.39, 0.29) is 4.90 Å². The number of methoxy groups -OCH3 is 1. The molecule has 0 aromatic heterocycles. The molecular weight excluding hydrogens is 334 g/mol. The second kappa shape index (κ2) is 6.70. The Morgan fingerprint density at radius 3 is 2.16 bits per heavy atom. The Bertz CT molecular complexity index is 1010. The summed E-state index contributed by atoms with van der Waals surface area (Å²) in [5.41, 5.74) is 4.13. The van der Waals surface area contributed by atoms with Crippen molar-refractivity contribution < 1.29 is 13.2 Å². The Hall–Kier alpha value is -2.63. The zero-order valence-electron chi connectivity index (χ0n) is 14.1. The van der Waals surface area contributed by atoms with Crippen LogP contribution in [0.4, 0.5) is 0 Å². The maximum absolute atomic E-state index is 12.1. The van der Waals surface area contributed by atoms with Gasteiger partial charge >= 0.3 is 0 Å². The molecule has 2 N–H and O–H groups in total. The van der Waals surface area contributed by atoms with Gasteiger partial charge in [0, 0.05) is 11.1 Å². The first kappa shape index (κ1) is 17.2. The Labute approximate surface area is 147 Å². The van der Waals surface area contributed by atoms with Gasteiger partial charge in [-0.15, -0.1) is 0 Å². The molecule has 3 aromatic carbocycles. The highest BCUT2D eigenvalue weighted by Crippen LogP contribution is 2.42. The van der Waals surface area contributed by atoms with E-state index in [1.54, 1.807) is 25.3 Å². The molecule has 0 aliphatic carbocycles. The van der Waals surface area contributed by atoms with Gasteiger partial charge in [-0.3, -0.25) is 0 Å². The van der Waals surface area contributed by atoms with Gasteiger partial charge in [-0.05, 0) is 35.7 Å². The summed E-state index contributed by atoms with van der Waals surface area (Å²) in [5.74, 6) is 0.606. The zero-order chi connectivity index (χ0) is 18.0. The molecule has 3 aromatic rings. The number of primary sulfonamides is 1. The number of nitrogens with two attached hydrogens (primary N) is 1. The van der Waals surface area contributed by atoms with Gasteiger partial charge in [0.15, 0.2) is 0 Å². The number of rotatable bonds is 4. The van der Waals surface area contributed by atoms with Crippen LogP contribution in [0.5, 0.6) is 5.75 Å². The Balaban J connectivity index is 2.42. The summed E-state index contributed by atoms with van der Waals surface area (Å²) < 4.78 is 29.7. The molecule has 0 radical (unpaired) electrons. The summed E-state index contributed by atoms with van der Waals surface area (Å²) in [6.07, 6.45) is 0. The fourth-order valence-corrected chi connectivity index (χ4v) is 3.70. The second-order valence-corrected chi connectivity index (χ2v) is 7.33. The number of aryl methyl sites for hydroxylation is 1. The lowest BCUT2D eigenvalue weighted by Gasteiger charge is -2.18. The van der Waals surface area contributed by atoms with E-state index in [2.05, 4.69) is 0 Å². The summed E-state index contributed by atoms with van der Waals surface area (Å²) in [6, 6.07) is 20.4. The number of hydrogen-bond acceptors (Lipinski definition) is 3. The molecule has 128 valence electrons. The number of hydrogen-bond donors (Lipinski definition) is 1. The van der Waals surface area contributed by atoms with Crippen molar-refractivity contribution >= 4 is 10.0 Å². The number of benzene rings is 3. The minimum atomic E-state index is -3.87. The first-order valence-corrected chi connectivity index (χ1v) is 9.32. The van der Waals surface area contributed by atoms with Crippen molar-refractivity contribution in [1.29, 1.82) is 0 Å². The third-order valence-corrected chi connectivity index (χ3v) is 4.98. The van der Waals surface area contributed by atoms with Crippen molar-refractivity contribution in [2.75, 3.05) is 7.11 Å². The molecule has 0 saturated carbocycles. The van der Waals surface area contributed by atoms with Crippen molar-refractivity contribution in [2.45, 2.75) is 11.8 Å². The van der Waals surface area contributed by atoms with E-state index in [4.69, 9.17) is 9.88 Å². The van der Waals surface area contributed by atoms with Crippen LogP contribution in [0.25, 0.3) is 22.3 Å². The van der Waals surface area contributed by atoms with Gasteiger partial charge in [-0.25, -0.2) is 13.6 Å². The Kier molecular flexibility index (Phi) is 4.61. The summed E-state index contributed by atoms with van der Waals surface area (Å²) in [6.45, 7) is 1.98. The van der Waals surface area contributed by atoms with Gasteiger partial charge < -0.3 is 4.74 Å². The molecule has 0 unspecified atom stereocenters. The van der Waals surface area contributed by atoms with E-state index in [1.165, 1.54) is 6.07 Å². The first-order valence-electron chi connectivity index (χ1n) is 7.78. The Morgan fingerprint density at radius 2 is 1.52 bits per heavy atom. The maximum atomic E-state index is 12.1. The minimum Gasteiger partial charge on any atom is -0.496 e. The molecule has 0 amide bonds. The Morgan fingerprint density at radius 1 is 0.880 bits per heavy atom. The van der Waals surface area contributed by atoms with Gasteiger partial charge in [0.05, 0.1) is 12.0 Å². The van der Waals surface area contributed by atoms with Crippen LogP contribution < -0.4 is 9.88 Å². The van der Waals surface area contributed by atoms with E-state index < -0.39 is 10.0 Å². The molecule has 0 atom stereocenters. The molecule has 25 heavy (non-hydrogen) atoms. The predicted molar refractivity (Wildman–Crippen MR) is 100.0 cm³/mol. The molecule has 5 heteroatoms. The average Bonchev–Trinajstić information content (AvgIpc) is 2.61. The van der Waals surface area contributed by atoms with Crippen molar-refractivity contribution in [3.63, 3.8) is 0 Å². The van der Waals surface area contributed by atoms with E-state index >= 15 is 0 Å². The van der Waals surface area contributed by atoms with Crippen LogP contribution in [0.3, 0.4) is 0 Å². The van der Waals surface area contributed by atoms with Crippen LogP contribution in [-0.2, 0) is 10.0 Å². The molecular formula is C20H19NO3S. The van der Waals surface area contributed by atoms with Gasteiger partial charge in [0.1, 0.15) is 5.75 Å². The molecule has 4 nitrogen and oxygen atoms in total. The van der Waals surface area contributed by atoms with E-state index in [1.807, 2.05) is 49.4 Å². The highest BCUT2D eigenvalue weighted by Gasteiger charge is 2.21. The largest absolute Gasteiger partial charge is 0.496 e. The summed E-state index contributed by atoms with van der Waals surface area (Å²) >= 11 is 0. The van der Waals surface area contributed by atoms with E-state index in [9.17, 15) is 8.42 Å². The van der Waals surface area contributed by atoms with Crippen LogP contribution in [0.2, 0.25) is 0 Å². The maximum Gasteiger partial charge on any atom is 0.238 e. The fraction of sp³-hybridized carbons (Fsp3) is 0.100. The minimum absolute atomic E-state index is 0.0781. The van der Waals surface area contributed by atoms with Gasteiger partial charge in [-0.1, -0.05) is 54.6 Å². The molecule has 0 aliphatic rings. The molecule has 0 bridgehead atoms. The van der Waals surface area contributed by atoms with Gasteiger partial charge in [0.25, 0.3) is 0 Å². The molecule has 0 saturated heterocycles. The SMILES string of the molecule is COc1cc(C)cc(-c2ccccc2)c1-c1ccccc1S(N)(=O)=O. The average molecular weight is 353 g/mol. The van der Waals surface area contributed by atoms with Crippen LogP contribution in [0.1, 0.15) is 5.56 Å². The highest BCUT2D eigenvalue weighted by atomic mass is 32.2. The normalized spacial score (nSPS) is 11.3. The highest BCUT2D eigenvalue weighted by molar-refractivity contribution is 7.89. The van der Waals surface area contributed by atoms with Crippen molar-refractivity contribution in [3.8, 4) is 28.0 Å².